The Labute approximate surface area is 150 Å². The summed E-state index contributed by atoms with van der Waals surface area (Å²) >= 11 is 6.10. The molecule has 0 radical (unpaired) electrons. The first kappa shape index (κ1) is 15.7. The Morgan fingerprint density at radius 1 is 0.960 bits per heavy atom. The average molecular weight is 349 g/mol. The molecule has 0 aliphatic carbocycles. The number of H-pyrrole nitrogens is 1. The molecule has 0 bridgehead atoms. The summed E-state index contributed by atoms with van der Waals surface area (Å²) in [6.07, 6.45) is 0. The lowest BCUT2D eigenvalue weighted by atomic mass is 10.1. The minimum absolute atomic E-state index is 0.680. The summed E-state index contributed by atoms with van der Waals surface area (Å²) in [7, 11) is 0. The number of hydrogen-bond donors (Lipinski definition) is 2. The van der Waals surface area contributed by atoms with Gasteiger partial charge in [0.2, 0.25) is 0 Å². The molecule has 4 nitrogen and oxygen atoms in total. The van der Waals surface area contributed by atoms with Crippen molar-refractivity contribution in [1.29, 1.82) is 0 Å². The van der Waals surface area contributed by atoms with E-state index in [1.807, 2.05) is 55.5 Å². The molecule has 0 spiro atoms. The predicted octanol–water partition coefficient (Wildman–Crippen LogP) is 5.64. The van der Waals surface area contributed by atoms with E-state index in [9.17, 15) is 0 Å². The molecule has 2 N–H and O–H groups in total. The Morgan fingerprint density at radius 2 is 1.80 bits per heavy atom. The first-order valence-corrected chi connectivity index (χ1v) is 8.44. The van der Waals surface area contributed by atoms with Crippen LogP contribution < -0.4 is 5.32 Å². The summed E-state index contributed by atoms with van der Waals surface area (Å²) < 4.78 is 0. The maximum Gasteiger partial charge on any atom is 0.164 e. The highest BCUT2D eigenvalue weighted by molar-refractivity contribution is 6.30. The van der Waals surface area contributed by atoms with Crippen LogP contribution in [0.15, 0.2) is 54.6 Å². The Kier molecular flexibility index (Phi) is 3.90. The number of nitrogens with zero attached hydrogens (tertiary/aromatic N) is 2. The van der Waals surface area contributed by atoms with Crippen LogP contribution in [0.3, 0.4) is 0 Å². The molecule has 0 fully saturated rings. The molecule has 0 amide bonds. The molecule has 0 saturated carbocycles. The fraction of sp³-hybridized carbons (Fsp3) is 0.100. The summed E-state index contributed by atoms with van der Waals surface area (Å²) in [5, 5.41) is 5.01. The van der Waals surface area contributed by atoms with Crippen LogP contribution in [0.25, 0.3) is 22.4 Å². The number of anilines is 2. The van der Waals surface area contributed by atoms with E-state index in [4.69, 9.17) is 21.6 Å². The van der Waals surface area contributed by atoms with Crippen molar-refractivity contribution >= 4 is 34.1 Å². The summed E-state index contributed by atoms with van der Waals surface area (Å²) in [5.41, 5.74) is 4.90. The minimum Gasteiger partial charge on any atom is -0.343 e. The minimum atomic E-state index is 0.680. The summed E-state index contributed by atoms with van der Waals surface area (Å²) in [5.74, 6) is 1.45. The van der Waals surface area contributed by atoms with Gasteiger partial charge in [-0.3, -0.25) is 0 Å². The van der Waals surface area contributed by atoms with Crippen LogP contribution >= 0.6 is 11.6 Å². The van der Waals surface area contributed by atoms with Crippen LogP contribution in [0.4, 0.5) is 11.5 Å². The zero-order chi connectivity index (χ0) is 17.4. The maximum absolute atomic E-state index is 6.10. The maximum atomic E-state index is 6.10. The van der Waals surface area contributed by atoms with Gasteiger partial charge in [-0.2, -0.15) is 0 Å². The molecule has 124 valence electrons. The third-order valence-corrected chi connectivity index (χ3v) is 4.33. The number of aromatic nitrogens is 3. The van der Waals surface area contributed by atoms with E-state index in [0.29, 0.717) is 10.8 Å². The number of hydrogen-bond acceptors (Lipinski definition) is 3. The molecule has 2 aromatic heterocycles. The summed E-state index contributed by atoms with van der Waals surface area (Å²) in [4.78, 5) is 12.8. The van der Waals surface area contributed by atoms with Gasteiger partial charge in [-0.25, -0.2) is 9.97 Å². The van der Waals surface area contributed by atoms with Crippen molar-refractivity contribution in [2.24, 2.45) is 0 Å². The van der Waals surface area contributed by atoms with Gasteiger partial charge < -0.3 is 10.3 Å². The number of aryl methyl sites for hydroxylation is 2. The molecule has 0 unspecified atom stereocenters. The van der Waals surface area contributed by atoms with Crippen molar-refractivity contribution < 1.29 is 0 Å². The molecule has 2 aromatic carbocycles. The molecule has 4 rings (SSSR count). The van der Waals surface area contributed by atoms with E-state index in [2.05, 4.69) is 23.3 Å². The lowest BCUT2D eigenvalue weighted by molar-refractivity contribution is 1.18. The number of rotatable bonds is 3. The van der Waals surface area contributed by atoms with Gasteiger partial charge in [-0.1, -0.05) is 41.9 Å². The van der Waals surface area contributed by atoms with Gasteiger partial charge in [0.25, 0.3) is 0 Å². The van der Waals surface area contributed by atoms with Crippen molar-refractivity contribution in [1.82, 2.24) is 15.0 Å². The van der Waals surface area contributed by atoms with E-state index in [1.54, 1.807) is 0 Å². The smallest absolute Gasteiger partial charge is 0.164 e. The molecule has 0 aliphatic heterocycles. The fourth-order valence-corrected chi connectivity index (χ4v) is 3.07. The highest BCUT2D eigenvalue weighted by atomic mass is 35.5. The second kappa shape index (κ2) is 6.22. The lowest BCUT2D eigenvalue weighted by Crippen LogP contribution is -1.99. The van der Waals surface area contributed by atoms with Crippen LogP contribution in [0.5, 0.6) is 0 Å². The topological polar surface area (TPSA) is 53.6 Å². The molecule has 0 aliphatic rings. The third-order valence-electron chi connectivity index (χ3n) is 4.10. The SMILES string of the molecule is Cc1cc2c(Nc3cccc(Cl)c3)nc(-c3ccccc3C)nc2[nH]1. The quantitative estimate of drug-likeness (QED) is 0.503. The average Bonchev–Trinajstić information content (AvgIpc) is 2.96. The Morgan fingerprint density at radius 3 is 2.60 bits per heavy atom. The van der Waals surface area contributed by atoms with Gasteiger partial charge in [0.15, 0.2) is 5.82 Å². The van der Waals surface area contributed by atoms with Gasteiger partial charge in [-0.15, -0.1) is 0 Å². The number of nitrogens with one attached hydrogen (secondary N) is 2. The van der Waals surface area contributed by atoms with Crippen molar-refractivity contribution in [2.75, 3.05) is 5.32 Å². The van der Waals surface area contributed by atoms with Crippen molar-refractivity contribution in [2.45, 2.75) is 13.8 Å². The predicted molar refractivity (Wildman–Crippen MR) is 104 cm³/mol. The first-order valence-electron chi connectivity index (χ1n) is 8.06. The first-order chi connectivity index (χ1) is 12.1. The van der Waals surface area contributed by atoms with Crippen molar-refractivity contribution in [3.8, 4) is 11.4 Å². The number of halogens is 1. The normalized spacial score (nSPS) is 11.0. The van der Waals surface area contributed by atoms with Crippen LogP contribution in [0.1, 0.15) is 11.3 Å². The molecule has 4 aromatic rings. The zero-order valence-corrected chi connectivity index (χ0v) is 14.7. The van der Waals surface area contributed by atoms with E-state index < -0.39 is 0 Å². The molecule has 0 saturated heterocycles. The molecular formula is C20H17ClN4. The Hall–Kier alpha value is -2.85. The van der Waals surface area contributed by atoms with E-state index >= 15 is 0 Å². The van der Waals surface area contributed by atoms with Gasteiger partial charge in [0.1, 0.15) is 11.5 Å². The number of aromatic amines is 1. The van der Waals surface area contributed by atoms with Crippen LogP contribution in [0, 0.1) is 13.8 Å². The van der Waals surface area contributed by atoms with Crippen LogP contribution in [0.2, 0.25) is 5.02 Å². The van der Waals surface area contributed by atoms with Crippen molar-refractivity contribution in [3.63, 3.8) is 0 Å². The molecule has 25 heavy (non-hydrogen) atoms. The molecule has 5 heteroatoms. The fourth-order valence-electron chi connectivity index (χ4n) is 2.88. The van der Waals surface area contributed by atoms with Crippen LogP contribution in [-0.4, -0.2) is 15.0 Å². The number of benzene rings is 2. The molecule has 0 atom stereocenters. The monoisotopic (exact) mass is 348 g/mol. The molecular weight excluding hydrogens is 332 g/mol. The molecule has 2 heterocycles. The van der Waals surface area contributed by atoms with Gasteiger partial charge in [0.05, 0.1) is 5.39 Å². The van der Waals surface area contributed by atoms with Crippen LogP contribution in [-0.2, 0) is 0 Å². The van der Waals surface area contributed by atoms with E-state index in [1.165, 1.54) is 0 Å². The third kappa shape index (κ3) is 3.08. The highest BCUT2D eigenvalue weighted by Crippen LogP contribution is 2.29. The van der Waals surface area contributed by atoms with Gasteiger partial charge >= 0.3 is 0 Å². The second-order valence-electron chi connectivity index (χ2n) is 6.06. The van der Waals surface area contributed by atoms with Gasteiger partial charge in [0, 0.05) is 22.0 Å². The standard InChI is InChI=1S/C20H17ClN4/c1-12-6-3-4-9-16(12)18-24-19-17(10-13(2)22-19)20(25-18)23-15-8-5-7-14(21)11-15/h3-11H,1-2H3,(H2,22,23,24,25). The highest BCUT2D eigenvalue weighted by Gasteiger charge is 2.13. The van der Waals surface area contributed by atoms with E-state index in [0.717, 1.165) is 39.4 Å². The van der Waals surface area contributed by atoms with Crippen molar-refractivity contribution in [3.05, 3.63) is 70.9 Å². The van der Waals surface area contributed by atoms with E-state index in [-0.39, 0.29) is 0 Å². The number of fused-ring (bicyclic) bond motifs is 1. The van der Waals surface area contributed by atoms with Gasteiger partial charge in [-0.05, 0) is 43.7 Å². The summed E-state index contributed by atoms with van der Waals surface area (Å²) in [6.45, 7) is 4.07. The summed E-state index contributed by atoms with van der Waals surface area (Å²) in [6, 6.07) is 17.8. The lowest BCUT2D eigenvalue weighted by Gasteiger charge is -2.10. The Bertz CT molecular complexity index is 1070. The second-order valence-corrected chi connectivity index (χ2v) is 6.50. The Balaban J connectivity index is 1.88. The zero-order valence-electron chi connectivity index (χ0n) is 14.0. The largest absolute Gasteiger partial charge is 0.343 e.